The molecule has 24 heavy (non-hydrogen) atoms. The number of rotatable bonds is 3. The molecule has 0 fully saturated rings. The number of nitro benzene ring substituents is 1. The van der Waals surface area contributed by atoms with Crippen LogP contribution < -0.4 is 10.6 Å². The van der Waals surface area contributed by atoms with Crippen molar-refractivity contribution in [2.45, 2.75) is 19.3 Å². The van der Waals surface area contributed by atoms with E-state index in [0.29, 0.717) is 16.2 Å². The second-order valence-corrected chi connectivity index (χ2v) is 6.35. The molecule has 1 aromatic carbocycles. The molecule has 122 valence electrons. The lowest BCUT2D eigenvalue weighted by atomic mass is 9.86. The van der Waals surface area contributed by atoms with E-state index in [9.17, 15) is 14.9 Å². The van der Waals surface area contributed by atoms with Crippen molar-refractivity contribution in [2.24, 2.45) is 0 Å². The number of aromatic nitrogens is 1. The number of thiocarbonyl (C=S) groups is 1. The highest BCUT2D eigenvalue weighted by atomic mass is 32.1. The Hall–Kier alpha value is -2.87. The summed E-state index contributed by atoms with van der Waals surface area (Å²) in [6.07, 6.45) is 2.97. The van der Waals surface area contributed by atoms with Gasteiger partial charge in [0.05, 0.1) is 15.6 Å². The molecule has 1 aliphatic heterocycles. The van der Waals surface area contributed by atoms with Gasteiger partial charge in [-0.1, -0.05) is 12.2 Å². The fourth-order valence-electron chi connectivity index (χ4n) is 2.56. The fraction of sp³-hybridized carbons (Fsp3) is 0.188. The van der Waals surface area contributed by atoms with Crippen molar-refractivity contribution in [1.29, 1.82) is 0 Å². The smallest absolute Gasteiger partial charge is 0.294 e. The number of pyridine rings is 1. The zero-order chi connectivity index (χ0) is 17.5. The third-order valence-electron chi connectivity index (χ3n) is 4.01. The molecule has 2 heterocycles. The Balaban J connectivity index is 2.04. The quantitative estimate of drug-likeness (QED) is 0.505. The molecule has 1 aliphatic rings. The standard InChI is InChI=1S/C16H14N4O3S/c1-16(2)10-7-12(18-14(21)9-3-5-17-6-4-9)13(20(22)23)8-11(10)19-15(16)24/h3-8H,1-2H3,(H,18,21)(H,19,24). The Labute approximate surface area is 143 Å². The minimum atomic E-state index is -0.529. The summed E-state index contributed by atoms with van der Waals surface area (Å²) in [6, 6.07) is 6.09. The van der Waals surface area contributed by atoms with Crippen LogP contribution in [0.25, 0.3) is 0 Å². The van der Waals surface area contributed by atoms with Gasteiger partial charge in [-0.3, -0.25) is 19.9 Å². The maximum atomic E-state index is 12.3. The van der Waals surface area contributed by atoms with Crippen LogP contribution in [0.4, 0.5) is 17.1 Å². The number of amides is 1. The molecule has 0 bridgehead atoms. The maximum Gasteiger partial charge on any atom is 0.294 e. The molecule has 0 radical (unpaired) electrons. The molecule has 0 spiro atoms. The Morgan fingerprint density at radius 3 is 2.62 bits per heavy atom. The van der Waals surface area contributed by atoms with Crippen LogP contribution >= 0.6 is 12.2 Å². The summed E-state index contributed by atoms with van der Waals surface area (Å²) in [5, 5.41) is 17.0. The number of nitrogens with one attached hydrogen (secondary N) is 2. The Morgan fingerprint density at radius 1 is 1.33 bits per heavy atom. The van der Waals surface area contributed by atoms with E-state index in [-0.39, 0.29) is 11.4 Å². The third-order valence-corrected chi connectivity index (χ3v) is 4.62. The minimum Gasteiger partial charge on any atom is -0.349 e. The number of carbonyl (C=O) groups excluding carboxylic acids is 1. The first-order valence-corrected chi connectivity index (χ1v) is 7.57. The maximum absolute atomic E-state index is 12.3. The van der Waals surface area contributed by atoms with Crippen LogP contribution in [0, 0.1) is 10.1 Å². The highest BCUT2D eigenvalue weighted by Crippen LogP contribution is 2.43. The summed E-state index contributed by atoms with van der Waals surface area (Å²) in [5.41, 5.74) is 1.26. The van der Waals surface area contributed by atoms with Gasteiger partial charge in [-0.05, 0) is 37.6 Å². The lowest BCUT2D eigenvalue weighted by Gasteiger charge is -2.18. The molecular weight excluding hydrogens is 328 g/mol. The van der Waals surface area contributed by atoms with E-state index in [1.165, 1.54) is 30.6 Å². The number of benzene rings is 1. The second kappa shape index (κ2) is 5.64. The average Bonchev–Trinajstić information content (AvgIpc) is 2.77. The molecule has 0 unspecified atom stereocenters. The predicted molar refractivity (Wildman–Crippen MR) is 94.5 cm³/mol. The molecule has 8 heteroatoms. The van der Waals surface area contributed by atoms with Gasteiger partial charge in [-0.15, -0.1) is 0 Å². The predicted octanol–water partition coefficient (Wildman–Crippen LogP) is 3.27. The molecule has 0 atom stereocenters. The number of hydrogen-bond donors (Lipinski definition) is 2. The first kappa shape index (κ1) is 16.0. The van der Waals surface area contributed by atoms with Gasteiger partial charge in [-0.2, -0.15) is 0 Å². The zero-order valence-electron chi connectivity index (χ0n) is 13.0. The summed E-state index contributed by atoms with van der Waals surface area (Å²) in [4.78, 5) is 27.6. The van der Waals surface area contributed by atoms with Gasteiger partial charge in [0.15, 0.2) is 0 Å². The largest absolute Gasteiger partial charge is 0.349 e. The molecule has 0 saturated carbocycles. The summed E-state index contributed by atoms with van der Waals surface area (Å²) < 4.78 is 0. The van der Waals surface area contributed by atoms with Gasteiger partial charge in [-0.25, -0.2) is 0 Å². The minimum absolute atomic E-state index is 0.139. The van der Waals surface area contributed by atoms with Gasteiger partial charge in [0.2, 0.25) is 0 Å². The van der Waals surface area contributed by atoms with Gasteiger partial charge in [0.1, 0.15) is 5.69 Å². The van der Waals surface area contributed by atoms with Gasteiger partial charge >= 0.3 is 0 Å². The van der Waals surface area contributed by atoms with Gasteiger partial charge < -0.3 is 10.6 Å². The monoisotopic (exact) mass is 342 g/mol. The molecule has 0 aliphatic carbocycles. The lowest BCUT2D eigenvalue weighted by molar-refractivity contribution is -0.383. The first-order valence-electron chi connectivity index (χ1n) is 7.16. The number of nitro groups is 1. The van der Waals surface area contributed by atoms with Crippen molar-refractivity contribution < 1.29 is 9.72 Å². The summed E-state index contributed by atoms with van der Waals surface area (Å²) in [7, 11) is 0. The van der Waals surface area contributed by atoms with Crippen molar-refractivity contribution in [2.75, 3.05) is 10.6 Å². The highest BCUT2D eigenvalue weighted by molar-refractivity contribution is 7.80. The Bertz CT molecular complexity index is 865. The van der Waals surface area contributed by atoms with E-state index in [2.05, 4.69) is 15.6 Å². The summed E-state index contributed by atoms with van der Waals surface area (Å²) in [5.74, 6) is -0.438. The van der Waals surface area contributed by atoms with E-state index in [4.69, 9.17) is 12.2 Å². The topological polar surface area (TPSA) is 97.2 Å². The lowest BCUT2D eigenvalue weighted by Crippen LogP contribution is -2.25. The van der Waals surface area contributed by atoms with Gasteiger partial charge in [0.25, 0.3) is 11.6 Å². The summed E-state index contributed by atoms with van der Waals surface area (Å²) in [6.45, 7) is 3.85. The van der Waals surface area contributed by atoms with Gasteiger partial charge in [0, 0.05) is 29.4 Å². The normalized spacial score (nSPS) is 14.7. The van der Waals surface area contributed by atoms with Crippen LogP contribution in [-0.4, -0.2) is 20.8 Å². The van der Waals surface area contributed by atoms with E-state index in [1.54, 1.807) is 6.07 Å². The van der Waals surface area contributed by atoms with E-state index >= 15 is 0 Å². The van der Waals surface area contributed by atoms with Crippen LogP contribution in [0.2, 0.25) is 0 Å². The third kappa shape index (κ3) is 2.61. The molecule has 7 nitrogen and oxygen atoms in total. The van der Waals surface area contributed by atoms with Crippen molar-refractivity contribution in [1.82, 2.24) is 4.98 Å². The van der Waals surface area contributed by atoms with Crippen LogP contribution in [0.1, 0.15) is 29.8 Å². The number of fused-ring (bicyclic) bond motifs is 1. The molecule has 2 N–H and O–H groups in total. The van der Waals surface area contributed by atoms with Crippen molar-refractivity contribution in [3.63, 3.8) is 0 Å². The summed E-state index contributed by atoms with van der Waals surface area (Å²) >= 11 is 5.30. The second-order valence-electron chi connectivity index (χ2n) is 5.94. The van der Waals surface area contributed by atoms with Crippen LogP contribution in [0.3, 0.4) is 0 Å². The number of anilines is 2. The molecule has 1 amide bonds. The van der Waals surface area contributed by atoms with E-state index in [1.807, 2.05) is 13.8 Å². The van der Waals surface area contributed by atoms with Crippen molar-refractivity contribution in [3.05, 3.63) is 57.9 Å². The first-order chi connectivity index (χ1) is 11.3. The average molecular weight is 342 g/mol. The van der Waals surface area contributed by atoms with Crippen molar-refractivity contribution >= 4 is 40.2 Å². The van der Waals surface area contributed by atoms with Crippen LogP contribution in [-0.2, 0) is 5.41 Å². The highest BCUT2D eigenvalue weighted by Gasteiger charge is 2.37. The number of nitrogens with zero attached hydrogens (tertiary/aromatic N) is 2. The number of carbonyl (C=O) groups is 1. The molecular formula is C16H14N4O3S. The van der Waals surface area contributed by atoms with Crippen LogP contribution in [0.5, 0.6) is 0 Å². The Morgan fingerprint density at radius 2 is 2.00 bits per heavy atom. The van der Waals surface area contributed by atoms with E-state index < -0.39 is 16.2 Å². The van der Waals surface area contributed by atoms with Crippen molar-refractivity contribution in [3.8, 4) is 0 Å². The molecule has 2 aromatic rings. The Kier molecular flexibility index (Phi) is 3.76. The molecule has 1 aromatic heterocycles. The van der Waals surface area contributed by atoms with E-state index in [0.717, 1.165) is 5.56 Å². The number of hydrogen-bond acceptors (Lipinski definition) is 5. The fourth-order valence-corrected chi connectivity index (χ4v) is 2.78. The molecule has 3 rings (SSSR count). The SMILES string of the molecule is CC1(C)C(=S)Nc2cc([N+](=O)[O-])c(NC(=O)c3ccncc3)cc21. The molecule has 0 saturated heterocycles. The zero-order valence-corrected chi connectivity index (χ0v) is 13.8. The van der Waals surface area contributed by atoms with Crippen LogP contribution in [0.15, 0.2) is 36.7 Å².